The molecule has 4 nitrogen and oxygen atoms in total. The number of rotatable bonds is 10. The topological polar surface area (TPSA) is 49.6 Å². The molecule has 0 bridgehead atoms. The van der Waals surface area contributed by atoms with Crippen molar-refractivity contribution in [3.63, 3.8) is 0 Å². The minimum absolute atomic E-state index is 0.102. The lowest BCUT2D eigenvalue weighted by Gasteiger charge is -2.31. The first-order chi connectivity index (χ1) is 15.8. The molecule has 33 heavy (non-hydrogen) atoms. The van der Waals surface area contributed by atoms with E-state index in [-0.39, 0.29) is 11.9 Å². The molecule has 2 aromatic rings. The first kappa shape index (κ1) is 25.0. The van der Waals surface area contributed by atoms with Gasteiger partial charge < -0.3 is 15.5 Å². The first-order valence-corrected chi connectivity index (χ1v) is 12.4. The van der Waals surface area contributed by atoms with Crippen molar-refractivity contribution in [3.05, 3.63) is 77.4 Å². The van der Waals surface area contributed by atoms with Crippen LogP contribution in [0.3, 0.4) is 0 Å². The third kappa shape index (κ3) is 7.46. The Hall–Kier alpha value is -2.59. The summed E-state index contributed by atoms with van der Waals surface area (Å²) in [6.45, 7) is 10.9. The highest BCUT2D eigenvalue weighted by Gasteiger charge is 2.32. The maximum Gasteiger partial charge on any atom is 0.239 e. The summed E-state index contributed by atoms with van der Waals surface area (Å²) in [5.41, 5.74) is 11.5. The van der Waals surface area contributed by atoms with E-state index < -0.39 is 0 Å². The fourth-order valence-corrected chi connectivity index (χ4v) is 4.57. The van der Waals surface area contributed by atoms with E-state index in [1.54, 1.807) is 0 Å². The lowest BCUT2D eigenvalue weighted by Crippen LogP contribution is -2.45. The number of carbonyl (C=O) groups is 1. The van der Waals surface area contributed by atoms with E-state index in [4.69, 9.17) is 5.73 Å². The van der Waals surface area contributed by atoms with Crippen LogP contribution in [0.15, 0.2) is 66.2 Å². The molecule has 178 valence electrons. The van der Waals surface area contributed by atoms with Gasteiger partial charge in [0.2, 0.25) is 5.91 Å². The van der Waals surface area contributed by atoms with Gasteiger partial charge >= 0.3 is 0 Å². The van der Waals surface area contributed by atoms with Crippen molar-refractivity contribution in [1.29, 1.82) is 0 Å². The van der Waals surface area contributed by atoms with Crippen LogP contribution in [0.1, 0.15) is 51.7 Å². The molecule has 2 atom stereocenters. The van der Waals surface area contributed by atoms with Gasteiger partial charge in [0.1, 0.15) is 0 Å². The van der Waals surface area contributed by atoms with Gasteiger partial charge in [0.15, 0.2) is 0 Å². The monoisotopic (exact) mass is 447 g/mol. The molecule has 4 heteroatoms. The largest absolute Gasteiger partial charge is 0.363 e. The van der Waals surface area contributed by atoms with Crippen molar-refractivity contribution in [2.45, 2.75) is 65.5 Å². The van der Waals surface area contributed by atoms with Crippen LogP contribution in [-0.2, 0) is 17.6 Å². The molecule has 1 saturated heterocycles. The molecule has 0 saturated carbocycles. The van der Waals surface area contributed by atoms with Gasteiger partial charge in [-0.2, -0.15) is 0 Å². The van der Waals surface area contributed by atoms with E-state index in [1.165, 1.54) is 22.4 Å². The third-order valence-corrected chi connectivity index (χ3v) is 6.47. The number of carbonyl (C=O) groups excluding carboxylic acids is 1. The third-order valence-electron chi connectivity index (χ3n) is 6.47. The Morgan fingerprint density at radius 2 is 1.70 bits per heavy atom. The summed E-state index contributed by atoms with van der Waals surface area (Å²) in [4.78, 5) is 17.3. The highest BCUT2D eigenvalue weighted by atomic mass is 16.2. The van der Waals surface area contributed by atoms with Crippen LogP contribution in [-0.4, -0.2) is 42.5 Å². The SMILES string of the molecule is CC(C)=CCN(c1ccc(CCc2ccccc2)cc1)[C@H]1CCN(C(=O)C(N)CC(C)C)C1. The molecule has 2 aromatic carbocycles. The van der Waals surface area contributed by atoms with Crippen molar-refractivity contribution in [1.82, 2.24) is 4.90 Å². The van der Waals surface area contributed by atoms with Gasteiger partial charge in [-0.05, 0) is 68.7 Å². The maximum absolute atomic E-state index is 12.9. The number of likely N-dealkylation sites (tertiary alicyclic amines) is 1. The molecule has 1 unspecified atom stereocenters. The maximum atomic E-state index is 12.9. The first-order valence-electron chi connectivity index (χ1n) is 12.4. The van der Waals surface area contributed by atoms with Gasteiger partial charge in [0, 0.05) is 31.4 Å². The zero-order chi connectivity index (χ0) is 23.8. The van der Waals surface area contributed by atoms with Crippen LogP contribution < -0.4 is 10.6 Å². The molecule has 1 amide bonds. The van der Waals surface area contributed by atoms with Crippen LogP contribution in [0.4, 0.5) is 5.69 Å². The van der Waals surface area contributed by atoms with Crippen LogP contribution in [0, 0.1) is 5.92 Å². The number of nitrogens with two attached hydrogens (primary N) is 1. The number of benzene rings is 2. The molecule has 2 N–H and O–H groups in total. The highest BCUT2D eigenvalue weighted by Crippen LogP contribution is 2.25. The molecule has 1 fully saturated rings. The van der Waals surface area contributed by atoms with Crippen LogP contribution in [0.25, 0.3) is 0 Å². The van der Waals surface area contributed by atoms with E-state index >= 15 is 0 Å². The number of hydrogen-bond acceptors (Lipinski definition) is 3. The van der Waals surface area contributed by atoms with Gasteiger partial charge in [-0.1, -0.05) is 68.0 Å². The van der Waals surface area contributed by atoms with E-state index in [0.717, 1.165) is 45.3 Å². The minimum atomic E-state index is -0.390. The molecule has 0 spiro atoms. The molecule has 0 aliphatic carbocycles. The van der Waals surface area contributed by atoms with E-state index in [0.29, 0.717) is 12.0 Å². The molecule has 1 heterocycles. The van der Waals surface area contributed by atoms with Crippen molar-refractivity contribution in [2.75, 3.05) is 24.5 Å². The number of aryl methyl sites for hydroxylation is 2. The zero-order valence-electron chi connectivity index (χ0n) is 20.8. The predicted octanol–water partition coefficient (Wildman–Crippen LogP) is 5.22. The van der Waals surface area contributed by atoms with Crippen LogP contribution in [0.5, 0.6) is 0 Å². The van der Waals surface area contributed by atoms with Crippen molar-refractivity contribution < 1.29 is 4.79 Å². The van der Waals surface area contributed by atoms with Gasteiger partial charge in [0.25, 0.3) is 0 Å². The molecular formula is C29H41N3O. The Morgan fingerprint density at radius 1 is 1.06 bits per heavy atom. The average Bonchev–Trinajstić information content (AvgIpc) is 3.28. The van der Waals surface area contributed by atoms with E-state index in [9.17, 15) is 4.79 Å². The number of anilines is 1. The van der Waals surface area contributed by atoms with Crippen molar-refractivity contribution in [3.8, 4) is 0 Å². The van der Waals surface area contributed by atoms with Gasteiger partial charge in [-0.15, -0.1) is 0 Å². The second-order valence-electron chi connectivity index (χ2n) is 10.0. The second kappa shape index (κ2) is 12.0. The molecule has 0 radical (unpaired) electrons. The van der Waals surface area contributed by atoms with Gasteiger partial charge in [-0.25, -0.2) is 0 Å². The molecule has 1 aliphatic heterocycles. The van der Waals surface area contributed by atoms with Crippen LogP contribution >= 0.6 is 0 Å². The molecular weight excluding hydrogens is 406 g/mol. The Bertz CT molecular complexity index is 900. The number of nitrogens with zero attached hydrogens (tertiary/aromatic N) is 2. The summed E-state index contributed by atoms with van der Waals surface area (Å²) < 4.78 is 0. The highest BCUT2D eigenvalue weighted by molar-refractivity contribution is 5.82. The second-order valence-corrected chi connectivity index (χ2v) is 10.0. The van der Waals surface area contributed by atoms with Crippen molar-refractivity contribution >= 4 is 11.6 Å². The fraction of sp³-hybridized carbons (Fsp3) is 0.483. The summed E-state index contributed by atoms with van der Waals surface area (Å²) in [5.74, 6) is 0.529. The lowest BCUT2D eigenvalue weighted by molar-refractivity contribution is -0.131. The normalized spacial score (nSPS) is 16.7. The minimum Gasteiger partial charge on any atom is -0.363 e. The fourth-order valence-electron chi connectivity index (χ4n) is 4.57. The Balaban J connectivity index is 1.67. The standard InChI is InChI=1S/C29H41N3O/c1-22(2)16-19-32(27-17-18-31(21-27)29(33)28(30)20-23(3)4)26-14-12-25(13-15-26)11-10-24-8-6-5-7-9-24/h5-9,12-16,23,27-28H,10-11,17-21,30H2,1-4H3/t27-,28?/m0/s1. The lowest BCUT2D eigenvalue weighted by atomic mass is 10.0. The summed E-state index contributed by atoms with van der Waals surface area (Å²) in [5, 5.41) is 0. The quantitative estimate of drug-likeness (QED) is 0.508. The molecule has 3 rings (SSSR count). The Labute approximate surface area is 200 Å². The Morgan fingerprint density at radius 3 is 2.30 bits per heavy atom. The predicted molar refractivity (Wildman–Crippen MR) is 139 cm³/mol. The van der Waals surface area contributed by atoms with Crippen molar-refractivity contribution in [2.24, 2.45) is 11.7 Å². The Kier molecular flexibility index (Phi) is 9.13. The van der Waals surface area contributed by atoms with E-state index in [1.807, 2.05) is 4.90 Å². The molecule has 1 aliphatic rings. The summed E-state index contributed by atoms with van der Waals surface area (Å²) in [6.07, 6.45) is 6.09. The molecule has 0 aromatic heterocycles. The number of hydrogen-bond donors (Lipinski definition) is 1. The van der Waals surface area contributed by atoms with Gasteiger partial charge in [0.05, 0.1) is 6.04 Å². The average molecular weight is 448 g/mol. The number of amides is 1. The summed E-state index contributed by atoms with van der Waals surface area (Å²) in [7, 11) is 0. The summed E-state index contributed by atoms with van der Waals surface area (Å²) >= 11 is 0. The van der Waals surface area contributed by atoms with Crippen LogP contribution in [0.2, 0.25) is 0 Å². The smallest absolute Gasteiger partial charge is 0.239 e. The van der Waals surface area contributed by atoms with E-state index in [2.05, 4.69) is 93.3 Å². The summed E-state index contributed by atoms with van der Waals surface area (Å²) in [6, 6.07) is 19.6. The number of allylic oxidation sites excluding steroid dienone is 1. The zero-order valence-corrected chi connectivity index (χ0v) is 20.8. The van der Waals surface area contributed by atoms with Gasteiger partial charge in [-0.3, -0.25) is 4.79 Å².